The number of carbonyl (C=O) groups excluding carboxylic acids is 1. The number of nitrogens with one attached hydrogen (secondary N) is 1. The van der Waals surface area contributed by atoms with Crippen molar-refractivity contribution in [2.75, 3.05) is 11.9 Å². The van der Waals surface area contributed by atoms with Crippen LogP contribution in [0.15, 0.2) is 91.1 Å². The fraction of sp³-hybridized carbons (Fsp3) is 0.214. The minimum Gasteiger partial charge on any atom is -0.457 e. The van der Waals surface area contributed by atoms with Crippen LogP contribution >= 0.6 is 0 Å². The minimum absolute atomic E-state index is 0.259. The largest absolute Gasteiger partial charge is 0.457 e. The molecular formula is C28H31N3O3Si. The Morgan fingerprint density at radius 1 is 0.914 bits per heavy atom. The number of hydrogen-bond donors (Lipinski definition) is 1. The van der Waals surface area contributed by atoms with Crippen molar-refractivity contribution in [3.63, 3.8) is 0 Å². The molecule has 0 unspecified atom stereocenters. The monoisotopic (exact) mass is 485 g/mol. The first-order valence-corrected chi connectivity index (χ1v) is 15.4. The Labute approximate surface area is 207 Å². The lowest BCUT2D eigenvalue weighted by atomic mass is 10.1. The van der Waals surface area contributed by atoms with Gasteiger partial charge in [-0.2, -0.15) is 0 Å². The predicted octanol–water partition coefficient (Wildman–Crippen LogP) is 6.91. The Kier molecular flexibility index (Phi) is 7.79. The van der Waals surface area contributed by atoms with Gasteiger partial charge in [0.05, 0.1) is 5.69 Å². The molecule has 1 aromatic heterocycles. The van der Waals surface area contributed by atoms with Gasteiger partial charge >= 0.3 is 0 Å². The highest BCUT2D eigenvalue weighted by molar-refractivity contribution is 6.76. The summed E-state index contributed by atoms with van der Waals surface area (Å²) in [7, 11) is -1.21. The predicted molar refractivity (Wildman–Crippen MR) is 143 cm³/mol. The number of imidazole rings is 1. The molecular weight excluding hydrogens is 454 g/mol. The lowest BCUT2D eigenvalue weighted by molar-refractivity contribution is 0.0809. The fourth-order valence-electron chi connectivity index (χ4n) is 3.43. The van der Waals surface area contributed by atoms with Crippen LogP contribution < -0.4 is 10.1 Å². The summed E-state index contributed by atoms with van der Waals surface area (Å²) in [5.41, 5.74) is 2.25. The highest BCUT2D eigenvalue weighted by atomic mass is 28.3. The number of amides is 1. The second kappa shape index (κ2) is 11.2. The number of hydrogen-bond acceptors (Lipinski definition) is 4. The van der Waals surface area contributed by atoms with E-state index in [0.29, 0.717) is 29.6 Å². The van der Waals surface area contributed by atoms with Gasteiger partial charge in [-0.05, 0) is 42.4 Å². The Balaban J connectivity index is 1.57. The Morgan fingerprint density at radius 2 is 1.60 bits per heavy atom. The van der Waals surface area contributed by atoms with E-state index in [-0.39, 0.29) is 12.6 Å². The zero-order valence-electron chi connectivity index (χ0n) is 20.4. The van der Waals surface area contributed by atoms with E-state index in [2.05, 4.69) is 29.9 Å². The van der Waals surface area contributed by atoms with Crippen LogP contribution in [0.3, 0.4) is 0 Å². The minimum atomic E-state index is -1.21. The smallest absolute Gasteiger partial charge is 0.291 e. The van der Waals surface area contributed by atoms with Crippen LogP contribution in [0.2, 0.25) is 25.7 Å². The van der Waals surface area contributed by atoms with Gasteiger partial charge in [0.15, 0.2) is 0 Å². The lowest BCUT2D eigenvalue weighted by Crippen LogP contribution is -2.23. The molecule has 0 saturated heterocycles. The highest BCUT2D eigenvalue weighted by Gasteiger charge is 2.18. The molecule has 0 fully saturated rings. The first-order chi connectivity index (χ1) is 16.9. The van der Waals surface area contributed by atoms with Crippen molar-refractivity contribution in [2.24, 2.45) is 0 Å². The topological polar surface area (TPSA) is 65.4 Å². The lowest BCUT2D eigenvalue weighted by Gasteiger charge is -2.16. The maximum atomic E-state index is 13.1. The molecule has 1 N–H and O–H groups in total. The average Bonchev–Trinajstić information content (AvgIpc) is 3.27. The zero-order valence-corrected chi connectivity index (χ0v) is 21.4. The van der Waals surface area contributed by atoms with Gasteiger partial charge in [-0.15, -0.1) is 0 Å². The summed E-state index contributed by atoms with van der Waals surface area (Å²) in [4.78, 5) is 17.8. The van der Waals surface area contributed by atoms with Crippen LogP contribution in [0.25, 0.3) is 11.3 Å². The molecule has 0 aliphatic carbocycles. The van der Waals surface area contributed by atoms with Crippen molar-refractivity contribution in [3.8, 4) is 22.8 Å². The Bertz CT molecular complexity index is 1250. The Hall–Kier alpha value is -3.68. The molecule has 7 heteroatoms. The molecule has 180 valence electrons. The van der Waals surface area contributed by atoms with E-state index >= 15 is 0 Å². The third kappa shape index (κ3) is 7.15. The van der Waals surface area contributed by atoms with Gasteiger partial charge in [0.25, 0.3) is 5.91 Å². The van der Waals surface area contributed by atoms with Crippen LogP contribution in [0, 0.1) is 0 Å². The fourth-order valence-corrected chi connectivity index (χ4v) is 4.18. The van der Waals surface area contributed by atoms with E-state index in [0.717, 1.165) is 17.4 Å². The van der Waals surface area contributed by atoms with Crippen LogP contribution in [0.1, 0.15) is 10.6 Å². The molecule has 0 saturated carbocycles. The van der Waals surface area contributed by atoms with Crippen molar-refractivity contribution in [1.29, 1.82) is 0 Å². The SMILES string of the molecule is C[Si](C)(C)CCOCn1cc(-c2cccc(Oc3ccccc3)c2)nc1C(=O)Nc1ccccc1. The summed E-state index contributed by atoms with van der Waals surface area (Å²) in [6, 6.07) is 27.7. The molecule has 35 heavy (non-hydrogen) atoms. The first-order valence-electron chi connectivity index (χ1n) is 11.7. The molecule has 3 aromatic carbocycles. The molecule has 0 atom stereocenters. The maximum Gasteiger partial charge on any atom is 0.291 e. The van der Waals surface area contributed by atoms with E-state index in [1.165, 1.54) is 0 Å². The summed E-state index contributed by atoms with van der Waals surface area (Å²) in [6.07, 6.45) is 1.86. The number of anilines is 1. The molecule has 1 amide bonds. The zero-order chi connectivity index (χ0) is 24.7. The van der Waals surface area contributed by atoms with Crippen molar-refractivity contribution < 1.29 is 14.3 Å². The molecule has 0 spiro atoms. The van der Waals surface area contributed by atoms with Gasteiger partial charge in [0, 0.05) is 32.1 Å². The van der Waals surface area contributed by atoms with E-state index in [1.807, 2.05) is 91.1 Å². The third-order valence-corrected chi connectivity index (χ3v) is 7.05. The summed E-state index contributed by atoms with van der Waals surface area (Å²) >= 11 is 0. The van der Waals surface area contributed by atoms with Crippen LogP contribution in [-0.4, -0.2) is 30.1 Å². The van der Waals surface area contributed by atoms with Crippen LogP contribution in [0.5, 0.6) is 11.5 Å². The standard InChI is InChI=1S/C28H31N3O3Si/c1-35(2,3)18-17-33-21-31-20-26(30-27(31)28(32)29-23-12-6-4-7-13-23)22-11-10-16-25(19-22)34-24-14-8-5-9-15-24/h4-16,19-20H,17-18,21H2,1-3H3,(H,29,32). The van der Waals surface area contributed by atoms with Gasteiger partial charge in [-0.3, -0.25) is 4.79 Å². The molecule has 6 nitrogen and oxygen atoms in total. The Morgan fingerprint density at radius 3 is 2.31 bits per heavy atom. The number of benzene rings is 3. The van der Waals surface area contributed by atoms with Crippen LogP contribution in [0.4, 0.5) is 5.69 Å². The third-order valence-electron chi connectivity index (χ3n) is 5.35. The quantitative estimate of drug-likeness (QED) is 0.196. The van der Waals surface area contributed by atoms with Crippen molar-refractivity contribution in [2.45, 2.75) is 32.4 Å². The molecule has 0 aliphatic rings. The number of nitrogens with zero attached hydrogens (tertiary/aromatic N) is 2. The number of para-hydroxylation sites is 2. The van der Waals surface area contributed by atoms with Gasteiger partial charge in [-0.1, -0.05) is 68.2 Å². The van der Waals surface area contributed by atoms with Gasteiger partial charge in [0.1, 0.15) is 18.2 Å². The molecule has 0 bridgehead atoms. The van der Waals surface area contributed by atoms with Crippen LogP contribution in [-0.2, 0) is 11.5 Å². The molecule has 4 aromatic rings. The van der Waals surface area contributed by atoms with Crippen molar-refractivity contribution >= 4 is 19.7 Å². The highest BCUT2D eigenvalue weighted by Crippen LogP contribution is 2.27. The second-order valence-corrected chi connectivity index (χ2v) is 15.2. The molecule has 0 aliphatic heterocycles. The van der Waals surface area contributed by atoms with Crippen molar-refractivity contribution in [1.82, 2.24) is 9.55 Å². The van der Waals surface area contributed by atoms with E-state index < -0.39 is 8.07 Å². The average molecular weight is 486 g/mol. The van der Waals surface area contributed by atoms with E-state index in [4.69, 9.17) is 9.47 Å². The summed E-state index contributed by atoms with van der Waals surface area (Å²) in [5, 5.41) is 2.93. The summed E-state index contributed by atoms with van der Waals surface area (Å²) < 4.78 is 13.7. The maximum absolute atomic E-state index is 13.1. The normalized spacial score (nSPS) is 11.3. The van der Waals surface area contributed by atoms with Gasteiger partial charge in [0.2, 0.25) is 5.82 Å². The van der Waals surface area contributed by atoms with E-state index in [1.54, 1.807) is 4.57 Å². The number of rotatable bonds is 10. The number of aromatic nitrogens is 2. The molecule has 0 radical (unpaired) electrons. The second-order valence-electron chi connectivity index (χ2n) is 9.53. The van der Waals surface area contributed by atoms with Gasteiger partial charge in [-0.25, -0.2) is 4.98 Å². The molecule has 1 heterocycles. The summed E-state index contributed by atoms with van der Waals surface area (Å²) in [5.74, 6) is 1.47. The number of carbonyl (C=O) groups is 1. The number of ether oxygens (including phenoxy) is 2. The first kappa shape index (κ1) is 24.4. The molecule has 4 rings (SSSR count). The van der Waals surface area contributed by atoms with Gasteiger partial charge < -0.3 is 19.4 Å². The summed E-state index contributed by atoms with van der Waals surface area (Å²) in [6.45, 7) is 7.86. The van der Waals surface area contributed by atoms with Crippen molar-refractivity contribution in [3.05, 3.63) is 97.0 Å². The van der Waals surface area contributed by atoms with E-state index in [9.17, 15) is 4.79 Å².